The Balaban J connectivity index is 1.82. The number of alkyl halides is 1. The van der Waals surface area contributed by atoms with Crippen molar-refractivity contribution in [2.24, 2.45) is 17.3 Å². The van der Waals surface area contributed by atoms with Gasteiger partial charge in [0.05, 0.1) is 0 Å². The summed E-state index contributed by atoms with van der Waals surface area (Å²) in [6.07, 6.45) is 6.26. The summed E-state index contributed by atoms with van der Waals surface area (Å²) in [6, 6.07) is 0. The number of allylic oxidation sites excluding steroid dienone is 4. The van der Waals surface area contributed by atoms with Crippen LogP contribution in [0.25, 0.3) is 0 Å². The number of hydrogen-bond donors (Lipinski definition) is 0. The van der Waals surface area contributed by atoms with Crippen LogP contribution in [0.3, 0.4) is 0 Å². The highest BCUT2D eigenvalue weighted by molar-refractivity contribution is 6.02. The fourth-order valence-electron chi connectivity index (χ4n) is 5.49. The van der Waals surface area contributed by atoms with Gasteiger partial charge in [0.15, 0.2) is 17.2 Å². The maximum atomic E-state index is 16.4. The number of ketones is 2. The molecule has 0 unspecified atom stereocenters. The SMILES string of the molecule is C[C@]12C=CC(=O)C=C1CC[C@H]1[C@@H]3CCC(=O)O[C@@]3(C)CC(=O)[C@@]12F. The summed E-state index contributed by atoms with van der Waals surface area (Å²) in [7, 11) is 0. The zero-order valence-corrected chi connectivity index (χ0v) is 13.9. The van der Waals surface area contributed by atoms with Crippen LogP contribution in [0.5, 0.6) is 0 Å². The van der Waals surface area contributed by atoms with Crippen molar-refractivity contribution in [2.45, 2.75) is 57.2 Å². The molecule has 5 heteroatoms. The molecule has 4 nitrogen and oxygen atoms in total. The van der Waals surface area contributed by atoms with Crippen molar-refractivity contribution in [1.82, 2.24) is 0 Å². The van der Waals surface area contributed by atoms with Crippen LogP contribution in [0, 0.1) is 17.3 Å². The molecule has 4 aliphatic rings. The standard InChI is InChI=1S/C19H21FO4/c1-17-8-7-12(21)9-11(17)3-4-14-13-5-6-16(23)24-18(13,2)10-15(22)19(14,17)20/h7-9,13-14H,3-6,10H2,1-2H3/t13-,14-,17-,18-,19-/m0/s1. The Morgan fingerprint density at radius 3 is 2.58 bits per heavy atom. The van der Waals surface area contributed by atoms with Gasteiger partial charge in [-0.05, 0) is 45.3 Å². The molecule has 0 amide bonds. The normalized spacial score (nSPS) is 47.3. The van der Waals surface area contributed by atoms with Gasteiger partial charge in [-0.25, -0.2) is 4.39 Å². The Hall–Kier alpha value is -1.78. The number of ether oxygens (including phenoxy) is 1. The molecule has 128 valence electrons. The highest BCUT2D eigenvalue weighted by Crippen LogP contribution is 2.63. The maximum absolute atomic E-state index is 16.4. The first-order chi connectivity index (χ1) is 11.2. The van der Waals surface area contributed by atoms with E-state index in [0.29, 0.717) is 24.8 Å². The monoisotopic (exact) mass is 332 g/mol. The summed E-state index contributed by atoms with van der Waals surface area (Å²) in [5.74, 6) is -1.62. The lowest BCUT2D eigenvalue weighted by atomic mass is 9.47. The van der Waals surface area contributed by atoms with Crippen LogP contribution in [0.2, 0.25) is 0 Å². The van der Waals surface area contributed by atoms with E-state index in [2.05, 4.69) is 0 Å². The molecule has 1 saturated heterocycles. The molecular formula is C19H21FO4. The van der Waals surface area contributed by atoms with Gasteiger partial charge in [-0.1, -0.05) is 11.6 Å². The van der Waals surface area contributed by atoms with Crippen LogP contribution < -0.4 is 0 Å². The second-order valence-electron chi connectivity index (χ2n) is 8.00. The lowest BCUT2D eigenvalue weighted by molar-refractivity contribution is -0.207. The third kappa shape index (κ3) is 1.76. The molecule has 0 radical (unpaired) electrons. The van der Waals surface area contributed by atoms with E-state index >= 15 is 4.39 Å². The van der Waals surface area contributed by atoms with Crippen molar-refractivity contribution < 1.29 is 23.5 Å². The first-order valence-electron chi connectivity index (χ1n) is 8.59. The first-order valence-corrected chi connectivity index (χ1v) is 8.59. The summed E-state index contributed by atoms with van der Waals surface area (Å²) < 4.78 is 21.9. The Kier molecular flexibility index (Phi) is 3.04. The molecule has 0 spiro atoms. The summed E-state index contributed by atoms with van der Waals surface area (Å²) in [5, 5.41) is 0. The van der Waals surface area contributed by atoms with Crippen molar-refractivity contribution in [2.75, 3.05) is 0 Å². The lowest BCUT2D eigenvalue weighted by Crippen LogP contribution is -2.68. The summed E-state index contributed by atoms with van der Waals surface area (Å²) in [6.45, 7) is 3.49. The molecule has 0 bridgehead atoms. The highest BCUT2D eigenvalue weighted by Gasteiger charge is 2.70. The number of hydrogen-bond acceptors (Lipinski definition) is 4. The molecule has 1 heterocycles. The zero-order chi connectivity index (χ0) is 17.3. The third-order valence-corrected chi connectivity index (χ3v) is 6.75. The van der Waals surface area contributed by atoms with Crippen molar-refractivity contribution in [3.8, 4) is 0 Å². The van der Waals surface area contributed by atoms with E-state index in [1.165, 1.54) is 12.2 Å². The number of esters is 1. The van der Waals surface area contributed by atoms with Crippen molar-refractivity contribution >= 4 is 17.5 Å². The quantitative estimate of drug-likeness (QED) is 0.640. The zero-order valence-electron chi connectivity index (χ0n) is 13.9. The number of fused-ring (bicyclic) bond motifs is 5. The van der Waals surface area contributed by atoms with E-state index < -0.39 is 28.4 Å². The van der Waals surface area contributed by atoms with Crippen molar-refractivity contribution in [1.29, 1.82) is 0 Å². The fourth-order valence-corrected chi connectivity index (χ4v) is 5.49. The number of halogens is 1. The average molecular weight is 332 g/mol. The minimum atomic E-state index is -2.04. The second-order valence-corrected chi connectivity index (χ2v) is 8.00. The van der Waals surface area contributed by atoms with Gasteiger partial charge in [-0.3, -0.25) is 14.4 Å². The molecule has 3 aliphatic carbocycles. The largest absolute Gasteiger partial charge is 0.459 e. The molecule has 0 aromatic carbocycles. The molecule has 2 saturated carbocycles. The lowest BCUT2D eigenvalue weighted by Gasteiger charge is -2.59. The van der Waals surface area contributed by atoms with E-state index in [1.54, 1.807) is 19.9 Å². The third-order valence-electron chi connectivity index (χ3n) is 6.75. The van der Waals surface area contributed by atoms with Gasteiger partial charge in [-0.15, -0.1) is 0 Å². The molecule has 0 aromatic heterocycles. The molecule has 1 aliphatic heterocycles. The molecule has 0 aromatic rings. The predicted octanol–water partition coefficient (Wildman–Crippen LogP) is 2.86. The Morgan fingerprint density at radius 1 is 1.12 bits per heavy atom. The summed E-state index contributed by atoms with van der Waals surface area (Å²) in [5.41, 5.74) is -3.32. The van der Waals surface area contributed by atoms with Crippen LogP contribution in [0.4, 0.5) is 4.39 Å². The van der Waals surface area contributed by atoms with E-state index in [1.807, 2.05) is 0 Å². The molecule has 24 heavy (non-hydrogen) atoms. The van der Waals surface area contributed by atoms with Crippen molar-refractivity contribution in [3.63, 3.8) is 0 Å². The van der Waals surface area contributed by atoms with Gasteiger partial charge in [0.1, 0.15) is 5.60 Å². The van der Waals surface area contributed by atoms with Gasteiger partial charge < -0.3 is 4.74 Å². The summed E-state index contributed by atoms with van der Waals surface area (Å²) in [4.78, 5) is 36.4. The number of Topliss-reactive ketones (excluding diaryl/α,β-unsaturated/α-hetero) is 1. The predicted molar refractivity (Wildman–Crippen MR) is 83.7 cm³/mol. The minimum absolute atomic E-state index is 0.0962. The second kappa shape index (κ2) is 4.64. The summed E-state index contributed by atoms with van der Waals surface area (Å²) >= 11 is 0. The number of carbonyl (C=O) groups is 3. The smallest absolute Gasteiger partial charge is 0.306 e. The van der Waals surface area contributed by atoms with Crippen LogP contribution in [-0.4, -0.2) is 28.8 Å². The van der Waals surface area contributed by atoms with Gasteiger partial charge >= 0.3 is 5.97 Å². The Labute approximate surface area is 140 Å². The van der Waals surface area contributed by atoms with E-state index in [-0.39, 0.29) is 30.5 Å². The van der Waals surface area contributed by atoms with Gasteiger partial charge in [0.2, 0.25) is 0 Å². The van der Waals surface area contributed by atoms with Gasteiger partial charge in [0.25, 0.3) is 0 Å². The number of rotatable bonds is 0. The van der Waals surface area contributed by atoms with Gasteiger partial charge in [0, 0.05) is 30.1 Å². The molecule has 3 fully saturated rings. The number of carbonyl (C=O) groups excluding carboxylic acids is 3. The fraction of sp³-hybridized carbons (Fsp3) is 0.632. The molecule has 5 atom stereocenters. The molecule has 0 N–H and O–H groups in total. The van der Waals surface area contributed by atoms with Crippen LogP contribution in [0.15, 0.2) is 23.8 Å². The highest BCUT2D eigenvalue weighted by atomic mass is 19.1. The Bertz CT molecular complexity index is 723. The topological polar surface area (TPSA) is 60.4 Å². The first kappa shape index (κ1) is 15.7. The van der Waals surface area contributed by atoms with E-state index in [4.69, 9.17) is 4.74 Å². The average Bonchev–Trinajstić information content (AvgIpc) is 2.49. The Morgan fingerprint density at radius 2 is 1.83 bits per heavy atom. The van der Waals surface area contributed by atoms with E-state index in [9.17, 15) is 14.4 Å². The van der Waals surface area contributed by atoms with Crippen LogP contribution in [0.1, 0.15) is 46.0 Å². The van der Waals surface area contributed by atoms with Crippen LogP contribution in [-0.2, 0) is 19.1 Å². The van der Waals surface area contributed by atoms with E-state index in [0.717, 1.165) is 0 Å². The molecular weight excluding hydrogens is 311 g/mol. The molecule has 4 rings (SSSR count). The van der Waals surface area contributed by atoms with Crippen molar-refractivity contribution in [3.05, 3.63) is 23.8 Å². The van der Waals surface area contributed by atoms with Gasteiger partial charge in [-0.2, -0.15) is 0 Å². The van der Waals surface area contributed by atoms with Crippen LogP contribution >= 0.6 is 0 Å². The maximum Gasteiger partial charge on any atom is 0.306 e. The minimum Gasteiger partial charge on any atom is -0.459 e.